The number of rotatable bonds is 7. The average Bonchev–Trinajstić information content (AvgIpc) is 3.11. The summed E-state index contributed by atoms with van der Waals surface area (Å²) in [6.07, 6.45) is 0.811. The number of tetrazole rings is 1. The minimum absolute atomic E-state index is 0.0237. The number of hydrogen-bond acceptors (Lipinski definition) is 5. The van der Waals surface area contributed by atoms with Gasteiger partial charge in [-0.05, 0) is 48.4 Å². The highest BCUT2D eigenvalue weighted by Crippen LogP contribution is 2.23. The van der Waals surface area contributed by atoms with Crippen LogP contribution in [0.5, 0.6) is 0 Å². The van der Waals surface area contributed by atoms with Gasteiger partial charge in [-0.2, -0.15) is 4.68 Å². The number of hydrogen-bond donors (Lipinski definition) is 1. The van der Waals surface area contributed by atoms with E-state index in [0.29, 0.717) is 11.7 Å². The van der Waals surface area contributed by atoms with Gasteiger partial charge in [-0.15, -0.1) is 5.10 Å². The Morgan fingerprint density at radius 3 is 2.62 bits per heavy atom. The first-order valence-corrected chi connectivity index (χ1v) is 9.35. The Hall–Kier alpha value is -2.67. The van der Waals surface area contributed by atoms with E-state index in [9.17, 15) is 4.79 Å². The molecule has 134 valence electrons. The van der Waals surface area contributed by atoms with Crippen LogP contribution in [0.2, 0.25) is 0 Å². The molecular weight excluding hydrogens is 346 g/mol. The first-order valence-electron chi connectivity index (χ1n) is 8.47. The fourth-order valence-corrected chi connectivity index (χ4v) is 3.26. The lowest BCUT2D eigenvalue weighted by Gasteiger charge is -2.12. The summed E-state index contributed by atoms with van der Waals surface area (Å²) < 4.78 is 1.65. The second kappa shape index (κ2) is 8.62. The summed E-state index contributed by atoms with van der Waals surface area (Å²) in [4.78, 5) is 12.3. The molecule has 0 aliphatic rings. The van der Waals surface area contributed by atoms with Gasteiger partial charge in [0, 0.05) is 6.54 Å². The molecule has 0 aliphatic carbocycles. The quantitative estimate of drug-likeness (QED) is 0.650. The summed E-state index contributed by atoms with van der Waals surface area (Å²) in [5.41, 5.74) is 3.25. The third kappa shape index (κ3) is 4.70. The van der Waals surface area contributed by atoms with Crippen molar-refractivity contribution < 1.29 is 4.79 Å². The van der Waals surface area contributed by atoms with Crippen molar-refractivity contribution in [3.05, 3.63) is 65.7 Å². The maximum absolute atomic E-state index is 12.3. The lowest BCUT2D eigenvalue weighted by atomic mass is 10.1. The number of benzene rings is 2. The zero-order valence-electron chi connectivity index (χ0n) is 14.8. The number of thioether (sulfide) groups is 1. The molecule has 26 heavy (non-hydrogen) atoms. The van der Waals surface area contributed by atoms with Crippen molar-refractivity contribution in [2.75, 3.05) is 6.54 Å². The Morgan fingerprint density at radius 1 is 1.15 bits per heavy atom. The van der Waals surface area contributed by atoms with Crippen molar-refractivity contribution >= 4 is 17.7 Å². The average molecular weight is 367 g/mol. The van der Waals surface area contributed by atoms with Crippen LogP contribution in [-0.4, -0.2) is 37.9 Å². The Kier molecular flexibility index (Phi) is 6.01. The van der Waals surface area contributed by atoms with Crippen LogP contribution in [0.4, 0.5) is 0 Å². The highest BCUT2D eigenvalue weighted by molar-refractivity contribution is 8.00. The molecule has 0 aliphatic heterocycles. The van der Waals surface area contributed by atoms with E-state index in [1.165, 1.54) is 22.9 Å². The predicted molar refractivity (Wildman–Crippen MR) is 102 cm³/mol. The summed E-state index contributed by atoms with van der Waals surface area (Å²) >= 11 is 1.35. The van der Waals surface area contributed by atoms with Crippen LogP contribution in [0.15, 0.2) is 59.8 Å². The molecule has 0 unspecified atom stereocenters. The monoisotopic (exact) mass is 367 g/mol. The largest absolute Gasteiger partial charge is 0.355 e. The Balaban J connectivity index is 1.56. The van der Waals surface area contributed by atoms with E-state index < -0.39 is 0 Å². The molecule has 1 amide bonds. The van der Waals surface area contributed by atoms with Gasteiger partial charge in [-0.1, -0.05) is 59.8 Å². The summed E-state index contributed by atoms with van der Waals surface area (Å²) in [5.74, 6) is -0.0237. The number of carbonyl (C=O) groups excluding carboxylic acids is 1. The highest BCUT2D eigenvalue weighted by atomic mass is 32.2. The second-order valence-corrected chi connectivity index (χ2v) is 7.30. The van der Waals surface area contributed by atoms with E-state index >= 15 is 0 Å². The highest BCUT2D eigenvalue weighted by Gasteiger charge is 2.18. The second-order valence-electron chi connectivity index (χ2n) is 6.00. The van der Waals surface area contributed by atoms with Gasteiger partial charge in [0.05, 0.1) is 10.9 Å². The van der Waals surface area contributed by atoms with Gasteiger partial charge < -0.3 is 5.32 Å². The summed E-state index contributed by atoms with van der Waals surface area (Å²) in [7, 11) is 0. The van der Waals surface area contributed by atoms with Gasteiger partial charge in [0.1, 0.15) is 0 Å². The maximum atomic E-state index is 12.3. The van der Waals surface area contributed by atoms with Gasteiger partial charge in [0.25, 0.3) is 0 Å². The number of nitrogens with one attached hydrogen (secondary N) is 1. The van der Waals surface area contributed by atoms with Crippen molar-refractivity contribution in [3.63, 3.8) is 0 Å². The van der Waals surface area contributed by atoms with Crippen LogP contribution < -0.4 is 5.32 Å². The molecule has 3 aromatic rings. The maximum Gasteiger partial charge on any atom is 0.233 e. The fourth-order valence-electron chi connectivity index (χ4n) is 2.43. The molecule has 2 aromatic carbocycles. The smallest absolute Gasteiger partial charge is 0.233 e. The lowest BCUT2D eigenvalue weighted by Crippen LogP contribution is -2.32. The first-order chi connectivity index (χ1) is 12.6. The third-order valence-electron chi connectivity index (χ3n) is 3.93. The summed E-state index contributed by atoms with van der Waals surface area (Å²) in [6, 6.07) is 18.0. The van der Waals surface area contributed by atoms with E-state index in [2.05, 4.69) is 33.0 Å². The summed E-state index contributed by atoms with van der Waals surface area (Å²) in [5, 5.41) is 15.1. The van der Waals surface area contributed by atoms with E-state index in [-0.39, 0.29) is 11.2 Å². The lowest BCUT2D eigenvalue weighted by molar-refractivity contribution is -0.120. The molecule has 3 rings (SSSR count). The van der Waals surface area contributed by atoms with Crippen molar-refractivity contribution in [3.8, 4) is 5.69 Å². The standard InChI is InChI=1S/C19H21N5OS/c1-14-8-10-17(11-9-14)24-19(21-22-23-24)26-15(2)18(25)20-13-12-16-6-4-3-5-7-16/h3-11,15H,12-13H2,1-2H3,(H,20,25)/t15-/m0/s1. The van der Waals surface area contributed by atoms with Crippen molar-refractivity contribution in [2.45, 2.75) is 30.7 Å². The van der Waals surface area contributed by atoms with E-state index in [4.69, 9.17) is 0 Å². The summed E-state index contributed by atoms with van der Waals surface area (Å²) in [6.45, 7) is 4.49. The van der Waals surface area contributed by atoms with Crippen LogP contribution in [0, 0.1) is 6.92 Å². The van der Waals surface area contributed by atoms with Crippen molar-refractivity contribution in [1.29, 1.82) is 0 Å². The first kappa shape index (κ1) is 18.1. The van der Waals surface area contributed by atoms with Gasteiger partial charge in [-0.25, -0.2) is 0 Å². The van der Waals surface area contributed by atoms with Crippen molar-refractivity contribution in [1.82, 2.24) is 25.5 Å². The zero-order valence-corrected chi connectivity index (χ0v) is 15.6. The zero-order chi connectivity index (χ0) is 18.4. The number of amides is 1. The van der Waals surface area contributed by atoms with Gasteiger partial charge >= 0.3 is 0 Å². The van der Waals surface area contributed by atoms with E-state index in [1.54, 1.807) is 4.68 Å². The van der Waals surface area contributed by atoms with Gasteiger partial charge in [-0.3, -0.25) is 4.79 Å². The molecule has 0 fully saturated rings. The molecule has 0 saturated heterocycles. The molecule has 0 saturated carbocycles. The molecule has 1 aromatic heterocycles. The van der Waals surface area contributed by atoms with Crippen LogP contribution >= 0.6 is 11.8 Å². The van der Waals surface area contributed by atoms with Gasteiger partial charge in [0.15, 0.2) is 0 Å². The molecule has 0 bridgehead atoms. The van der Waals surface area contributed by atoms with Gasteiger partial charge in [0.2, 0.25) is 11.1 Å². The molecule has 0 spiro atoms. The minimum atomic E-state index is -0.291. The molecular formula is C19H21N5OS. The number of aromatic nitrogens is 4. The molecule has 1 atom stereocenters. The fraction of sp³-hybridized carbons (Fsp3) is 0.263. The number of nitrogens with zero attached hydrogens (tertiary/aromatic N) is 4. The topological polar surface area (TPSA) is 72.7 Å². The van der Waals surface area contributed by atoms with Crippen LogP contribution in [0.1, 0.15) is 18.1 Å². The van der Waals surface area contributed by atoms with Crippen LogP contribution in [0.25, 0.3) is 5.69 Å². The molecule has 7 heteroatoms. The Labute approximate surface area is 157 Å². The molecule has 6 nitrogen and oxygen atoms in total. The van der Waals surface area contributed by atoms with E-state index in [1.807, 2.05) is 56.3 Å². The molecule has 1 heterocycles. The Bertz CT molecular complexity index is 848. The normalized spacial score (nSPS) is 11.9. The third-order valence-corrected chi connectivity index (χ3v) is 4.96. The van der Waals surface area contributed by atoms with Crippen LogP contribution in [-0.2, 0) is 11.2 Å². The Morgan fingerprint density at radius 2 is 1.88 bits per heavy atom. The molecule has 1 N–H and O–H groups in total. The van der Waals surface area contributed by atoms with E-state index in [0.717, 1.165) is 12.1 Å². The van der Waals surface area contributed by atoms with Crippen molar-refractivity contribution in [2.24, 2.45) is 0 Å². The SMILES string of the molecule is Cc1ccc(-n2nnnc2S[C@@H](C)C(=O)NCCc2ccccc2)cc1. The number of carbonyl (C=O) groups is 1. The predicted octanol–water partition coefficient (Wildman–Crippen LogP) is 2.81. The molecule has 0 radical (unpaired) electrons. The van der Waals surface area contributed by atoms with Crippen LogP contribution in [0.3, 0.4) is 0 Å². The minimum Gasteiger partial charge on any atom is -0.355 e. The number of aryl methyl sites for hydroxylation is 1.